The van der Waals surface area contributed by atoms with E-state index in [2.05, 4.69) is 98.5 Å². The number of methoxy groups -OCH3 is 2. The molecule has 6 fully saturated rings. The van der Waals surface area contributed by atoms with Gasteiger partial charge in [-0.2, -0.15) is 40.8 Å². The molecule has 0 aromatic carbocycles. The number of hydrogen-bond acceptors (Lipinski definition) is 24. The molecule has 0 spiro atoms. The molecule has 0 radical (unpaired) electrons. The van der Waals surface area contributed by atoms with Crippen molar-refractivity contribution in [2.75, 3.05) is 80.4 Å². The maximum atomic E-state index is 11.7. The lowest BCUT2D eigenvalue weighted by atomic mass is 10.1. The highest BCUT2D eigenvalue weighted by Crippen LogP contribution is 2.66. The Morgan fingerprint density at radius 2 is 0.687 bits per heavy atom. The molecule has 532 valence electrons. The second-order valence-corrected chi connectivity index (χ2v) is 27.4. The first-order valence-corrected chi connectivity index (χ1v) is 34.0. The largest absolute Gasteiger partial charge is 0.461 e. The third-order valence-electron chi connectivity index (χ3n) is 22.9. The van der Waals surface area contributed by atoms with Crippen molar-refractivity contribution in [1.82, 2.24) is 61.2 Å². The van der Waals surface area contributed by atoms with E-state index in [4.69, 9.17) is 39.0 Å². The number of nitrogens with zero attached hydrogens (tertiary/aromatic N) is 12. The SMILES string of the molecule is C.C.C.CC(=O)c1n[nH]c2c1CC1C(CO)C21.CCOC(=O)c1n[nH]c2c1CC1C(CC)C21.CCOC(=O)c1n[nH]c2c1CC1C(CO)C21.CCOC(=O)c1n[nH]c2c1CC1C(COC)C21.COCC1C2Cc3c(C4=NCN=N4)n[nH]c3C12.OCC1C2Cc3c(C4=NCN=N4)n[nH]c3C12. The lowest BCUT2D eigenvalue weighted by molar-refractivity contribution is 0.0508. The number of aromatic amines is 6. The molecule has 9 N–H and O–H groups in total. The highest BCUT2D eigenvalue weighted by atomic mass is 16.5. The quantitative estimate of drug-likeness (QED) is 0.0243. The first-order chi connectivity index (χ1) is 46.9. The van der Waals surface area contributed by atoms with Gasteiger partial charge in [0.15, 0.2) is 47.9 Å². The van der Waals surface area contributed by atoms with Crippen LogP contribution in [-0.2, 0) is 62.2 Å². The number of Topliss-reactive ketones (excluding diaryl/α,β-unsaturated/α-hetero) is 1. The molecule has 6 saturated carbocycles. The molecule has 18 unspecified atom stereocenters. The minimum atomic E-state index is -0.346. The summed E-state index contributed by atoms with van der Waals surface area (Å²) in [6, 6.07) is 0. The van der Waals surface area contributed by atoms with Gasteiger partial charge in [-0.3, -0.25) is 35.4 Å². The number of hydrogen-bond donors (Lipinski definition) is 9. The summed E-state index contributed by atoms with van der Waals surface area (Å²) < 4.78 is 25.3. The van der Waals surface area contributed by atoms with Crippen molar-refractivity contribution >= 4 is 35.4 Å². The van der Waals surface area contributed by atoms with Crippen LogP contribution in [0.4, 0.5) is 0 Å². The number of rotatable bonds is 17. The summed E-state index contributed by atoms with van der Waals surface area (Å²) in [4.78, 5) is 54.5. The lowest BCUT2D eigenvalue weighted by Crippen LogP contribution is -2.09. The topological polar surface area (TPSA) is 421 Å². The second-order valence-electron chi connectivity index (χ2n) is 27.4. The summed E-state index contributed by atoms with van der Waals surface area (Å²) in [5, 5.41) is 86.0. The van der Waals surface area contributed by atoms with Crippen molar-refractivity contribution in [3.05, 3.63) is 102 Å². The zero-order chi connectivity index (χ0) is 66.5. The normalized spacial score (nSPS) is 30.2. The minimum absolute atomic E-state index is 0. The number of ketones is 1. The fourth-order valence-electron chi connectivity index (χ4n) is 18.1. The number of aliphatic hydroxyl groups excluding tert-OH is 3. The highest BCUT2D eigenvalue weighted by molar-refractivity contribution is 6.00. The molecule has 12 aliphatic carbocycles. The van der Waals surface area contributed by atoms with Gasteiger partial charge in [-0.05, 0) is 130 Å². The van der Waals surface area contributed by atoms with Crippen LogP contribution in [0.3, 0.4) is 0 Å². The number of carbonyl (C=O) groups is 4. The number of amidine groups is 2. The van der Waals surface area contributed by atoms with Gasteiger partial charge >= 0.3 is 17.9 Å². The average molecular weight is 1370 g/mol. The van der Waals surface area contributed by atoms with Gasteiger partial charge in [0.1, 0.15) is 17.1 Å². The Bertz CT molecular complexity index is 4050. The van der Waals surface area contributed by atoms with Crippen LogP contribution in [0.25, 0.3) is 0 Å². The van der Waals surface area contributed by atoms with Gasteiger partial charge in [-0.15, -0.1) is 10.2 Å². The van der Waals surface area contributed by atoms with E-state index < -0.39 is 0 Å². The third-order valence-corrected chi connectivity index (χ3v) is 22.9. The van der Waals surface area contributed by atoms with Gasteiger partial charge in [0.05, 0.1) is 19.8 Å². The molecular weight excluding hydrogens is 1270 g/mol. The molecule has 0 saturated heterocycles. The van der Waals surface area contributed by atoms with Gasteiger partial charge in [-0.1, -0.05) is 35.6 Å². The zero-order valence-corrected chi connectivity index (χ0v) is 54.8. The Labute approximate surface area is 573 Å². The maximum absolute atomic E-state index is 11.7. The van der Waals surface area contributed by atoms with E-state index in [9.17, 15) is 19.2 Å². The van der Waals surface area contributed by atoms with Gasteiger partial charge in [0.2, 0.25) is 0 Å². The van der Waals surface area contributed by atoms with Crippen LogP contribution in [0, 0.1) is 71.0 Å². The van der Waals surface area contributed by atoms with Crippen LogP contribution in [0.1, 0.15) is 220 Å². The molecule has 18 atom stereocenters. The first-order valence-electron chi connectivity index (χ1n) is 34.0. The zero-order valence-electron chi connectivity index (χ0n) is 54.8. The molecule has 0 bridgehead atoms. The average Bonchev–Trinajstić information content (AvgIpc) is 1.60. The molecule has 30 nitrogen and oxygen atoms in total. The van der Waals surface area contributed by atoms with Crippen molar-refractivity contribution in [2.45, 2.75) is 137 Å². The smallest absolute Gasteiger partial charge is 0.359 e. The minimum Gasteiger partial charge on any atom is -0.461 e. The van der Waals surface area contributed by atoms with Gasteiger partial charge < -0.3 is 39.0 Å². The number of H-pyrrole nitrogens is 6. The molecule has 6 aromatic rings. The second kappa shape index (κ2) is 28.4. The fraction of sp³-hybridized carbons (Fsp3) is 0.652. The Kier molecular flexibility index (Phi) is 20.2. The van der Waals surface area contributed by atoms with E-state index >= 15 is 0 Å². The third kappa shape index (κ3) is 12.1. The number of azo groups is 2. The molecule has 14 aliphatic rings. The summed E-state index contributed by atoms with van der Waals surface area (Å²) in [5.41, 5.74) is 17.5. The van der Waals surface area contributed by atoms with Crippen molar-refractivity contribution in [1.29, 1.82) is 0 Å². The number of aliphatic hydroxyl groups is 3. The summed E-state index contributed by atoms with van der Waals surface area (Å²) in [7, 11) is 3.49. The lowest BCUT2D eigenvalue weighted by Gasteiger charge is -2.03. The van der Waals surface area contributed by atoms with Gasteiger partial charge in [0.25, 0.3) is 0 Å². The van der Waals surface area contributed by atoms with Crippen LogP contribution in [0.2, 0.25) is 0 Å². The Balaban J connectivity index is 0.000000112. The molecule has 8 heterocycles. The Morgan fingerprint density at radius 1 is 0.404 bits per heavy atom. The number of carbonyl (C=O) groups excluding carboxylic acids is 4. The van der Waals surface area contributed by atoms with E-state index in [1.165, 1.54) is 34.6 Å². The standard InChI is InChI=1S/C12H16N2O3.C12H16N2O2.C11H13N5O.C11H14N2O3.C10H11N5O.C10H12N2O2.3CH4/c1-3-17-12(15)11-7-4-6-8(5-16-2)9(6)10(7)13-14-11;1-3-6-7-5-8-10(9(6)7)13-14-11(8)12(15)16-4-2;1-17-3-7-5-2-6-9(8(5)7)14-15-10(6)11-12-4-13-16-11;1-2-16-11(15)10-6-3-5-7(4-14)8(5)9(6)12-13-10;16-2-6-4-1-5-8(7(4)6)13-14-9(5)10-11-3-12-15-10;1-4(14)9-6-2-5-7(3-13)8(5)10(6)12-11-9;;;/h6,8-9H,3-5H2,1-2H3,(H,13,14);6-7,9H,3-5H2,1-2H3,(H,13,14);5,7-8H,2-4H2,1H3,(H,14,15);5,7-8,14H,2-4H2,1H3,(H,12,13);4,6-7,16H,1-3H2,(H,13,14);5,7-8,13H,2-3H2,1H3,(H,11,12);3*1H4. The van der Waals surface area contributed by atoms with Crippen LogP contribution in [0.5, 0.6) is 0 Å². The van der Waals surface area contributed by atoms with E-state index in [0.717, 1.165) is 120 Å². The maximum Gasteiger partial charge on any atom is 0.359 e. The van der Waals surface area contributed by atoms with Crippen molar-refractivity contribution in [3.8, 4) is 0 Å². The molecule has 2 aliphatic heterocycles. The molecule has 6 aromatic heterocycles. The number of ether oxygens (including phenoxy) is 5. The van der Waals surface area contributed by atoms with Crippen LogP contribution < -0.4 is 0 Å². The Morgan fingerprint density at radius 3 is 0.990 bits per heavy atom. The summed E-state index contributed by atoms with van der Waals surface area (Å²) in [6.07, 6.45) is 6.98. The predicted molar refractivity (Wildman–Crippen MR) is 358 cm³/mol. The van der Waals surface area contributed by atoms with Crippen molar-refractivity contribution in [2.24, 2.45) is 101 Å². The molecular formula is C69H94N18O12. The number of fused-ring (bicyclic) bond motifs is 18. The Hall–Kier alpha value is -8.32. The molecule has 99 heavy (non-hydrogen) atoms. The first kappa shape index (κ1) is 70.5. The summed E-state index contributed by atoms with van der Waals surface area (Å²) >= 11 is 0. The van der Waals surface area contributed by atoms with Gasteiger partial charge in [0, 0.05) is 157 Å². The molecule has 20 rings (SSSR count). The van der Waals surface area contributed by atoms with Gasteiger partial charge in [-0.25, -0.2) is 24.4 Å². The van der Waals surface area contributed by atoms with E-state index in [0.29, 0.717) is 156 Å². The van der Waals surface area contributed by atoms with E-state index in [1.807, 2.05) is 6.92 Å². The monoisotopic (exact) mass is 1370 g/mol. The van der Waals surface area contributed by atoms with Crippen LogP contribution >= 0.6 is 0 Å². The molecule has 0 amide bonds. The van der Waals surface area contributed by atoms with E-state index in [1.54, 1.807) is 35.0 Å². The number of nitrogens with one attached hydrogen (secondary N) is 6. The number of aromatic nitrogens is 12. The fourth-order valence-corrected chi connectivity index (χ4v) is 18.1. The number of esters is 3. The van der Waals surface area contributed by atoms with Crippen LogP contribution in [-0.4, -0.2) is 192 Å². The predicted octanol–water partition coefficient (Wildman–Crippen LogP) is 7.43. The molecule has 30 heteroatoms. The van der Waals surface area contributed by atoms with Crippen molar-refractivity contribution < 1.29 is 58.2 Å². The summed E-state index contributed by atoms with van der Waals surface area (Å²) in [6.45, 7) is 13.6. The number of aliphatic imine (C=N–C) groups is 2. The van der Waals surface area contributed by atoms with Crippen LogP contribution in [0.15, 0.2) is 30.4 Å². The highest BCUT2D eigenvalue weighted by Gasteiger charge is 2.62. The van der Waals surface area contributed by atoms with Crippen molar-refractivity contribution in [3.63, 3.8) is 0 Å². The summed E-state index contributed by atoms with van der Waals surface area (Å²) in [5.74, 6) is 10.6. The van der Waals surface area contributed by atoms with E-state index in [-0.39, 0.29) is 65.8 Å².